The topological polar surface area (TPSA) is 42.2 Å². The van der Waals surface area contributed by atoms with Gasteiger partial charge >= 0.3 is 0 Å². The van der Waals surface area contributed by atoms with Crippen LogP contribution in [-0.4, -0.2) is 29.0 Å². The number of aromatic nitrogens is 1. The molecule has 84 valence electrons. The van der Waals surface area contributed by atoms with E-state index < -0.39 is 0 Å². The predicted octanol–water partition coefficient (Wildman–Crippen LogP) is 1.48. The van der Waals surface area contributed by atoms with Crippen molar-refractivity contribution in [2.24, 2.45) is 11.7 Å². The maximum absolute atomic E-state index is 5.99. The van der Waals surface area contributed by atoms with Crippen LogP contribution >= 0.6 is 11.3 Å². The lowest BCUT2D eigenvalue weighted by Crippen LogP contribution is -2.28. The average Bonchev–Trinajstić information content (AvgIpc) is 2.76. The number of likely N-dealkylation sites (tertiary alicyclic amines) is 1. The number of nitrogens with two attached hydrogens (primary N) is 1. The van der Waals surface area contributed by atoms with Crippen LogP contribution in [0.4, 0.5) is 0 Å². The van der Waals surface area contributed by atoms with Crippen molar-refractivity contribution in [3.8, 4) is 0 Å². The van der Waals surface area contributed by atoms with Crippen LogP contribution in [0.3, 0.4) is 0 Å². The van der Waals surface area contributed by atoms with E-state index in [0.717, 1.165) is 26.1 Å². The maximum Gasteiger partial charge on any atom is 0.0926 e. The van der Waals surface area contributed by atoms with Crippen LogP contribution in [0.5, 0.6) is 0 Å². The number of nitrogens with zero attached hydrogens (tertiary/aromatic N) is 2. The van der Waals surface area contributed by atoms with Crippen molar-refractivity contribution < 1.29 is 0 Å². The molecule has 3 nitrogen and oxygen atoms in total. The van der Waals surface area contributed by atoms with Gasteiger partial charge in [0.15, 0.2) is 0 Å². The zero-order chi connectivity index (χ0) is 10.8. The van der Waals surface area contributed by atoms with Crippen molar-refractivity contribution in [3.05, 3.63) is 16.1 Å². The van der Waals surface area contributed by atoms with E-state index in [1.54, 1.807) is 11.3 Å². The summed E-state index contributed by atoms with van der Waals surface area (Å²) < 4.78 is 0. The largest absolute Gasteiger partial charge is 0.326 e. The summed E-state index contributed by atoms with van der Waals surface area (Å²) in [5.74, 6) is 0.620. The zero-order valence-electron chi connectivity index (χ0n) is 9.44. The first-order valence-corrected chi connectivity index (χ1v) is 6.48. The zero-order valence-corrected chi connectivity index (χ0v) is 10.3. The minimum absolute atomic E-state index is 0.342. The van der Waals surface area contributed by atoms with Crippen molar-refractivity contribution in [1.82, 2.24) is 9.88 Å². The highest BCUT2D eigenvalue weighted by molar-refractivity contribution is 7.09. The molecule has 0 spiro atoms. The molecule has 2 heterocycles. The van der Waals surface area contributed by atoms with E-state index in [0.29, 0.717) is 12.0 Å². The van der Waals surface area contributed by atoms with Gasteiger partial charge in [0.05, 0.1) is 10.7 Å². The van der Waals surface area contributed by atoms with E-state index in [1.165, 1.54) is 10.7 Å². The number of hydrogen-bond donors (Lipinski definition) is 1. The summed E-state index contributed by atoms with van der Waals surface area (Å²) in [6.45, 7) is 7.47. The molecule has 2 atom stereocenters. The molecule has 0 bridgehead atoms. The highest BCUT2D eigenvalue weighted by Crippen LogP contribution is 2.18. The van der Waals surface area contributed by atoms with Crippen molar-refractivity contribution in [2.75, 3.05) is 13.1 Å². The molecule has 0 radical (unpaired) electrons. The number of thiazole rings is 1. The van der Waals surface area contributed by atoms with Gasteiger partial charge in [-0.15, -0.1) is 11.3 Å². The molecule has 0 aliphatic carbocycles. The monoisotopic (exact) mass is 225 g/mol. The van der Waals surface area contributed by atoms with E-state index in [2.05, 4.69) is 29.1 Å². The molecule has 0 saturated carbocycles. The fraction of sp³-hybridized carbons (Fsp3) is 0.727. The number of aryl methyl sites for hydroxylation is 1. The molecule has 15 heavy (non-hydrogen) atoms. The van der Waals surface area contributed by atoms with Gasteiger partial charge in [-0.25, -0.2) is 4.98 Å². The lowest BCUT2D eigenvalue weighted by molar-refractivity contribution is 0.315. The SMILES string of the molecule is CCc1nc(CN2CC(C)C(N)C2)cs1. The Labute approximate surface area is 95.3 Å². The summed E-state index contributed by atoms with van der Waals surface area (Å²) in [5, 5.41) is 3.41. The molecule has 2 unspecified atom stereocenters. The Morgan fingerprint density at radius 2 is 2.40 bits per heavy atom. The van der Waals surface area contributed by atoms with Crippen molar-refractivity contribution in [1.29, 1.82) is 0 Å². The van der Waals surface area contributed by atoms with E-state index in [9.17, 15) is 0 Å². The quantitative estimate of drug-likeness (QED) is 0.847. The lowest BCUT2D eigenvalue weighted by atomic mass is 10.1. The van der Waals surface area contributed by atoms with Crippen LogP contribution in [0.25, 0.3) is 0 Å². The molecule has 1 saturated heterocycles. The minimum atomic E-state index is 0.342. The molecule has 1 aliphatic heterocycles. The first kappa shape index (κ1) is 11.0. The van der Waals surface area contributed by atoms with E-state index in [-0.39, 0.29) is 0 Å². The second-order valence-corrected chi connectivity index (χ2v) is 5.36. The van der Waals surface area contributed by atoms with Gasteiger partial charge in [0.2, 0.25) is 0 Å². The molecule has 1 fully saturated rings. The first-order valence-electron chi connectivity index (χ1n) is 5.60. The van der Waals surface area contributed by atoms with Crippen LogP contribution in [0, 0.1) is 5.92 Å². The summed E-state index contributed by atoms with van der Waals surface area (Å²) >= 11 is 1.77. The molecule has 0 amide bonds. The third-order valence-corrected chi connectivity index (χ3v) is 4.08. The van der Waals surface area contributed by atoms with E-state index in [1.807, 2.05) is 0 Å². The van der Waals surface area contributed by atoms with Crippen LogP contribution in [0.1, 0.15) is 24.5 Å². The van der Waals surface area contributed by atoms with Gasteiger partial charge in [0, 0.05) is 31.1 Å². The molecule has 1 aliphatic rings. The molecule has 1 aromatic heterocycles. The van der Waals surface area contributed by atoms with Crippen molar-refractivity contribution in [3.63, 3.8) is 0 Å². The molecular formula is C11H19N3S. The molecule has 0 aromatic carbocycles. The van der Waals surface area contributed by atoms with Crippen LogP contribution in [0.15, 0.2) is 5.38 Å². The Bertz CT molecular complexity index is 313. The third-order valence-electron chi connectivity index (χ3n) is 3.03. The summed E-state index contributed by atoms with van der Waals surface area (Å²) in [6.07, 6.45) is 1.04. The highest BCUT2D eigenvalue weighted by Gasteiger charge is 2.26. The van der Waals surface area contributed by atoms with Gasteiger partial charge in [-0.3, -0.25) is 4.90 Å². The molecule has 4 heteroatoms. The Balaban J connectivity index is 1.92. The van der Waals surface area contributed by atoms with Gasteiger partial charge in [0.25, 0.3) is 0 Å². The van der Waals surface area contributed by atoms with Crippen molar-refractivity contribution >= 4 is 11.3 Å². The minimum Gasteiger partial charge on any atom is -0.326 e. The second kappa shape index (κ2) is 4.60. The van der Waals surface area contributed by atoms with E-state index >= 15 is 0 Å². The first-order chi connectivity index (χ1) is 7.19. The Morgan fingerprint density at radius 3 is 2.93 bits per heavy atom. The Hall–Kier alpha value is -0.450. The summed E-state index contributed by atoms with van der Waals surface area (Å²) in [5.41, 5.74) is 7.20. The summed E-state index contributed by atoms with van der Waals surface area (Å²) in [4.78, 5) is 6.98. The summed E-state index contributed by atoms with van der Waals surface area (Å²) in [6, 6.07) is 0.342. The van der Waals surface area contributed by atoms with Crippen LogP contribution in [-0.2, 0) is 13.0 Å². The third kappa shape index (κ3) is 2.56. The number of rotatable bonds is 3. The molecule has 1 aromatic rings. The fourth-order valence-corrected chi connectivity index (χ4v) is 2.77. The van der Waals surface area contributed by atoms with E-state index in [4.69, 9.17) is 5.73 Å². The van der Waals surface area contributed by atoms with Gasteiger partial charge in [-0.05, 0) is 12.3 Å². The van der Waals surface area contributed by atoms with Crippen molar-refractivity contribution in [2.45, 2.75) is 32.9 Å². The Kier molecular flexibility index (Phi) is 3.38. The standard InChI is InChI=1S/C11H19N3S/c1-3-11-13-9(7-15-11)5-14-4-8(2)10(12)6-14/h7-8,10H,3-6,12H2,1-2H3. The van der Waals surface area contributed by atoms with Gasteiger partial charge < -0.3 is 5.73 Å². The molecular weight excluding hydrogens is 206 g/mol. The molecule has 2 rings (SSSR count). The number of hydrogen-bond acceptors (Lipinski definition) is 4. The molecule has 2 N–H and O–H groups in total. The predicted molar refractivity (Wildman–Crippen MR) is 63.9 cm³/mol. The average molecular weight is 225 g/mol. The van der Waals surface area contributed by atoms with Gasteiger partial charge in [-0.2, -0.15) is 0 Å². The maximum atomic E-state index is 5.99. The van der Waals surface area contributed by atoms with Gasteiger partial charge in [-0.1, -0.05) is 13.8 Å². The Morgan fingerprint density at radius 1 is 1.60 bits per heavy atom. The fourth-order valence-electron chi connectivity index (χ4n) is 2.04. The van der Waals surface area contributed by atoms with Gasteiger partial charge in [0.1, 0.15) is 0 Å². The summed E-state index contributed by atoms with van der Waals surface area (Å²) in [7, 11) is 0. The smallest absolute Gasteiger partial charge is 0.0926 e. The lowest BCUT2D eigenvalue weighted by Gasteiger charge is -2.12. The van der Waals surface area contributed by atoms with Crippen LogP contribution in [0.2, 0.25) is 0 Å². The normalized spacial score (nSPS) is 27.4. The highest BCUT2D eigenvalue weighted by atomic mass is 32.1. The second-order valence-electron chi connectivity index (χ2n) is 4.42. The van der Waals surface area contributed by atoms with Crippen LogP contribution < -0.4 is 5.73 Å².